The second-order valence-corrected chi connectivity index (χ2v) is 8.75. The molecule has 4 fully saturated rings. The largest absolute Gasteiger partial charge is 0.358 e. The molecule has 0 radical (unpaired) electrons. The van der Waals surface area contributed by atoms with Crippen molar-refractivity contribution in [2.45, 2.75) is 44.6 Å². The van der Waals surface area contributed by atoms with E-state index in [1.807, 2.05) is 12.5 Å². The fraction of sp³-hybridized carbons (Fsp3) is 0.500. The number of fused-ring (bicyclic) bond motifs is 1. The van der Waals surface area contributed by atoms with Crippen LogP contribution >= 0.6 is 0 Å². The average molecular weight is 331 g/mol. The maximum Gasteiger partial charge on any atom is 0.0949 e. The topological polar surface area (TPSA) is 33.6 Å². The average Bonchev–Trinajstić information content (AvgIpc) is 3.23. The van der Waals surface area contributed by atoms with Gasteiger partial charge in [-0.15, -0.1) is 0 Å². The lowest BCUT2D eigenvalue weighted by Crippen LogP contribution is -2.44. The molecular weight excluding hydrogens is 306 g/mol. The second kappa shape index (κ2) is 5.23. The molecule has 2 aromatic heterocycles. The summed E-state index contributed by atoms with van der Waals surface area (Å²) in [4.78, 5) is 8.12. The lowest BCUT2D eigenvalue weighted by Gasteiger charge is -2.54. The minimum Gasteiger partial charge on any atom is -0.358 e. The van der Waals surface area contributed by atoms with E-state index in [4.69, 9.17) is 0 Å². The van der Waals surface area contributed by atoms with Crippen molar-refractivity contribution >= 4 is 10.9 Å². The zero-order valence-corrected chi connectivity index (χ0v) is 14.6. The Labute approximate surface area is 148 Å². The first-order valence-corrected chi connectivity index (χ1v) is 9.90. The minimum absolute atomic E-state index is 0.749. The van der Waals surface area contributed by atoms with Crippen LogP contribution in [0.1, 0.15) is 49.3 Å². The van der Waals surface area contributed by atoms with Crippen molar-refractivity contribution in [1.82, 2.24) is 14.5 Å². The van der Waals surface area contributed by atoms with Gasteiger partial charge in [0.15, 0.2) is 0 Å². The van der Waals surface area contributed by atoms with Gasteiger partial charge < -0.3 is 9.55 Å². The molecule has 3 nitrogen and oxygen atoms in total. The number of hydrogen-bond acceptors (Lipinski definition) is 1. The summed E-state index contributed by atoms with van der Waals surface area (Å²) in [7, 11) is 0. The van der Waals surface area contributed by atoms with E-state index in [0.29, 0.717) is 0 Å². The van der Waals surface area contributed by atoms with Crippen LogP contribution in [0.15, 0.2) is 43.0 Å². The van der Waals surface area contributed by atoms with Crippen LogP contribution in [-0.2, 0) is 6.54 Å². The molecule has 128 valence electrons. The third-order valence-corrected chi connectivity index (χ3v) is 7.31. The van der Waals surface area contributed by atoms with E-state index in [2.05, 4.69) is 45.0 Å². The van der Waals surface area contributed by atoms with Gasteiger partial charge in [0, 0.05) is 40.5 Å². The van der Waals surface area contributed by atoms with E-state index in [-0.39, 0.29) is 0 Å². The van der Waals surface area contributed by atoms with Gasteiger partial charge in [-0.25, -0.2) is 4.98 Å². The molecule has 1 N–H and O–H groups in total. The Morgan fingerprint density at radius 3 is 2.48 bits per heavy atom. The molecule has 4 saturated carbocycles. The molecule has 2 heterocycles. The predicted molar refractivity (Wildman–Crippen MR) is 99.4 cm³/mol. The van der Waals surface area contributed by atoms with Gasteiger partial charge in [0.05, 0.1) is 12.9 Å². The quantitative estimate of drug-likeness (QED) is 0.723. The number of nitrogens with one attached hydrogen (secondary N) is 1. The molecule has 4 bridgehead atoms. The Kier molecular flexibility index (Phi) is 2.97. The predicted octanol–water partition coefficient (Wildman–Crippen LogP) is 4.95. The number of rotatable bonds is 3. The second-order valence-electron chi connectivity index (χ2n) is 8.75. The van der Waals surface area contributed by atoms with Crippen LogP contribution in [0.2, 0.25) is 0 Å². The zero-order valence-electron chi connectivity index (χ0n) is 14.6. The number of nitrogens with zero attached hydrogens (tertiary/aromatic N) is 2. The van der Waals surface area contributed by atoms with E-state index in [0.717, 1.165) is 36.1 Å². The summed E-state index contributed by atoms with van der Waals surface area (Å²) in [5, 5.41) is 1.40. The van der Waals surface area contributed by atoms with Gasteiger partial charge in [-0.3, -0.25) is 0 Å². The Balaban J connectivity index is 1.48. The van der Waals surface area contributed by atoms with Crippen LogP contribution in [-0.4, -0.2) is 14.5 Å². The fourth-order valence-electron chi connectivity index (χ4n) is 6.64. The van der Waals surface area contributed by atoms with E-state index in [1.54, 1.807) is 5.69 Å². The number of benzene rings is 1. The molecular formula is C22H25N3. The molecule has 0 spiro atoms. The Hall–Kier alpha value is -2.03. The molecule has 0 atom stereocenters. The molecule has 0 saturated heterocycles. The monoisotopic (exact) mass is 331 g/mol. The van der Waals surface area contributed by atoms with Crippen LogP contribution in [0.4, 0.5) is 0 Å². The molecule has 0 amide bonds. The summed E-state index contributed by atoms with van der Waals surface area (Å²) in [5.74, 6) is 4.62. The van der Waals surface area contributed by atoms with E-state index in [1.165, 1.54) is 48.6 Å². The number of aromatic nitrogens is 3. The lowest BCUT2D eigenvalue weighted by atomic mass is 9.51. The fourth-order valence-corrected chi connectivity index (χ4v) is 6.64. The molecule has 0 unspecified atom stereocenters. The van der Waals surface area contributed by atoms with E-state index in [9.17, 15) is 0 Å². The lowest BCUT2D eigenvalue weighted by molar-refractivity contribution is -0.00422. The maximum atomic E-state index is 4.25. The molecule has 3 heteroatoms. The standard InChI is InChI=1S/C22H25N3/c1-2-4-20-18(3-1)19(12-25-6-5-23-13-25)22(24-20)21-16-8-14-7-15(10-16)11-17(21)9-14/h1-6,13-17,21,24H,7-12H2. The van der Waals surface area contributed by atoms with E-state index < -0.39 is 0 Å². The summed E-state index contributed by atoms with van der Waals surface area (Å²) in [6, 6.07) is 8.86. The van der Waals surface area contributed by atoms with Gasteiger partial charge in [0.1, 0.15) is 0 Å². The highest BCUT2D eigenvalue weighted by Gasteiger charge is 2.49. The number of para-hydroxylation sites is 1. The molecule has 25 heavy (non-hydrogen) atoms. The van der Waals surface area contributed by atoms with Gasteiger partial charge in [0.25, 0.3) is 0 Å². The highest BCUT2D eigenvalue weighted by molar-refractivity contribution is 5.85. The Morgan fingerprint density at radius 2 is 1.76 bits per heavy atom. The van der Waals surface area contributed by atoms with Gasteiger partial charge in [-0.2, -0.15) is 0 Å². The van der Waals surface area contributed by atoms with Gasteiger partial charge in [0.2, 0.25) is 0 Å². The van der Waals surface area contributed by atoms with Crippen LogP contribution in [0, 0.1) is 23.7 Å². The van der Waals surface area contributed by atoms with Crippen molar-refractivity contribution in [3.05, 3.63) is 54.2 Å². The minimum atomic E-state index is 0.749. The molecule has 0 aliphatic heterocycles. The molecule has 4 aliphatic rings. The van der Waals surface area contributed by atoms with Crippen molar-refractivity contribution in [1.29, 1.82) is 0 Å². The summed E-state index contributed by atoms with van der Waals surface area (Å²) < 4.78 is 2.22. The summed E-state index contributed by atoms with van der Waals surface area (Å²) in [6.45, 7) is 0.933. The molecule has 1 aromatic carbocycles. The Bertz CT molecular complexity index is 877. The summed E-state index contributed by atoms with van der Waals surface area (Å²) in [6.07, 6.45) is 13.3. The molecule has 7 rings (SSSR count). The Morgan fingerprint density at radius 1 is 1.00 bits per heavy atom. The number of aromatic amines is 1. The van der Waals surface area contributed by atoms with Gasteiger partial charge in [-0.05, 0) is 61.8 Å². The number of hydrogen-bond donors (Lipinski definition) is 1. The third kappa shape index (κ3) is 2.14. The zero-order chi connectivity index (χ0) is 16.4. The SMILES string of the molecule is c1ccc2c(Cn3ccnc3)c(C3C4CC5CC(C4)CC3C5)[nH]c2c1. The number of H-pyrrole nitrogens is 1. The first-order valence-electron chi connectivity index (χ1n) is 9.90. The molecule has 3 aromatic rings. The summed E-state index contributed by atoms with van der Waals surface area (Å²) >= 11 is 0. The normalized spacial score (nSPS) is 33.4. The molecule has 4 aliphatic carbocycles. The van der Waals surface area contributed by atoms with Crippen LogP contribution in [0.5, 0.6) is 0 Å². The first-order chi connectivity index (χ1) is 12.3. The van der Waals surface area contributed by atoms with Gasteiger partial charge >= 0.3 is 0 Å². The van der Waals surface area contributed by atoms with Crippen LogP contribution in [0.25, 0.3) is 10.9 Å². The van der Waals surface area contributed by atoms with Gasteiger partial charge in [-0.1, -0.05) is 18.2 Å². The third-order valence-electron chi connectivity index (χ3n) is 7.31. The van der Waals surface area contributed by atoms with Crippen molar-refractivity contribution in [3.63, 3.8) is 0 Å². The van der Waals surface area contributed by atoms with Crippen molar-refractivity contribution in [3.8, 4) is 0 Å². The highest BCUT2D eigenvalue weighted by Crippen LogP contribution is 2.60. The van der Waals surface area contributed by atoms with E-state index >= 15 is 0 Å². The van der Waals surface area contributed by atoms with Crippen molar-refractivity contribution in [2.24, 2.45) is 23.7 Å². The number of imidazole rings is 1. The van der Waals surface area contributed by atoms with Crippen LogP contribution in [0.3, 0.4) is 0 Å². The smallest absolute Gasteiger partial charge is 0.0949 e. The van der Waals surface area contributed by atoms with Crippen LogP contribution < -0.4 is 0 Å². The maximum absolute atomic E-state index is 4.25. The first kappa shape index (κ1) is 14.2. The van der Waals surface area contributed by atoms with Crippen molar-refractivity contribution < 1.29 is 0 Å². The highest BCUT2D eigenvalue weighted by atomic mass is 15.0. The summed E-state index contributed by atoms with van der Waals surface area (Å²) in [5.41, 5.74) is 4.36. The van der Waals surface area contributed by atoms with Crippen molar-refractivity contribution in [2.75, 3.05) is 0 Å².